The average Bonchev–Trinajstić information content (AvgIpc) is 2.73. The first-order valence-electron chi connectivity index (χ1n) is 9.17. The number of methoxy groups -OCH3 is 1. The quantitative estimate of drug-likeness (QED) is 0.675. The molecule has 4 rings (SSSR count). The Morgan fingerprint density at radius 2 is 1.79 bits per heavy atom. The van der Waals surface area contributed by atoms with Crippen LogP contribution in [0.2, 0.25) is 0 Å². The number of nitrogens with zero attached hydrogens (tertiary/aromatic N) is 1. The summed E-state index contributed by atoms with van der Waals surface area (Å²) in [7, 11) is -2.10. The van der Waals surface area contributed by atoms with Crippen LogP contribution in [0.15, 0.2) is 58.5 Å². The lowest BCUT2D eigenvalue weighted by atomic mass is 10.1. The number of hydrogen-bond donors (Lipinski definition) is 0. The molecule has 28 heavy (non-hydrogen) atoms. The molecular weight excluding hydrogens is 376 g/mol. The van der Waals surface area contributed by atoms with Crippen LogP contribution in [-0.4, -0.2) is 41.8 Å². The van der Waals surface area contributed by atoms with Gasteiger partial charge in [0.2, 0.25) is 15.4 Å². The number of aryl methyl sites for hydroxylation is 1. The fourth-order valence-electron chi connectivity index (χ4n) is 3.48. The minimum Gasteiger partial charge on any atom is -0.497 e. The molecule has 1 aliphatic heterocycles. The van der Waals surface area contributed by atoms with Gasteiger partial charge in [0.05, 0.1) is 36.3 Å². The maximum Gasteiger partial charge on any atom is 0.214 e. The summed E-state index contributed by atoms with van der Waals surface area (Å²) < 4.78 is 37.9. The van der Waals surface area contributed by atoms with Crippen LogP contribution in [0.4, 0.5) is 5.69 Å². The van der Waals surface area contributed by atoms with E-state index in [2.05, 4.69) is 9.88 Å². The van der Waals surface area contributed by atoms with Crippen LogP contribution in [0, 0.1) is 6.92 Å². The van der Waals surface area contributed by atoms with Crippen molar-refractivity contribution in [2.45, 2.75) is 16.7 Å². The van der Waals surface area contributed by atoms with E-state index in [-0.39, 0.29) is 9.79 Å². The fraction of sp³-hybridized carbons (Fsp3) is 0.286. The second-order valence-electron chi connectivity index (χ2n) is 6.83. The van der Waals surface area contributed by atoms with Gasteiger partial charge >= 0.3 is 0 Å². The summed E-state index contributed by atoms with van der Waals surface area (Å²) in [5.74, 6) is 0.681. The number of H-pyrrole nitrogens is 1. The van der Waals surface area contributed by atoms with Gasteiger partial charge in [-0.3, -0.25) is 0 Å². The summed E-state index contributed by atoms with van der Waals surface area (Å²) in [5, 5.41) is 0.814. The van der Waals surface area contributed by atoms with E-state index in [0.717, 1.165) is 16.5 Å². The number of rotatable bonds is 4. The first kappa shape index (κ1) is 18.7. The molecule has 1 aromatic heterocycles. The lowest BCUT2D eigenvalue weighted by Crippen LogP contribution is -2.37. The number of fused-ring (bicyclic) bond motifs is 1. The van der Waals surface area contributed by atoms with Gasteiger partial charge in [0.15, 0.2) is 11.1 Å². The predicted octanol–water partition coefficient (Wildman–Crippen LogP) is 2.64. The zero-order valence-corrected chi connectivity index (χ0v) is 16.8. The summed E-state index contributed by atoms with van der Waals surface area (Å²) in [6.07, 6.45) is 1.59. The number of pyridine rings is 1. The molecule has 0 spiro atoms. The minimum absolute atomic E-state index is 0.263. The van der Waals surface area contributed by atoms with E-state index in [1.807, 2.05) is 37.3 Å². The number of aromatic amines is 1. The molecule has 7 heteroatoms. The van der Waals surface area contributed by atoms with Crippen LogP contribution in [0.1, 0.15) is 5.56 Å². The average molecular weight is 399 g/mol. The zero-order chi connectivity index (χ0) is 19.7. The van der Waals surface area contributed by atoms with Crippen LogP contribution in [0.5, 0.6) is 5.75 Å². The standard InChI is InChI=1S/C21H22N2O4S/c1-15-3-6-17(7-4-15)28(24,25)20-14-22-19-8-5-16(26-2)13-18(19)21(20)23-9-11-27-12-10-23/h3-8,13-14H,9-12H2,1-2H3/p+1. The van der Waals surface area contributed by atoms with Crippen LogP contribution in [0.25, 0.3) is 10.9 Å². The topological polar surface area (TPSA) is 70.0 Å². The summed E-state index contributed by atoms with van der Waals surface area (Å²) in [5.41, 5.74) is 2.56. The van der Waals surface area contributed by atoms with Gasteiger partial charge in [-0.15, -0.1) is 0 Å². The van der Waals surface area contributed by atoms with E-state index < -0.39 is 9.84 Å². The molecule has 1 aliphatic rings. The van der Waals surface area contributed by atoms with Crippen LogP contribution < -0.4 is 14.6 Å². The van der Waals surface area contributed by atoms with E-state index in [0.29, 0.717) is 37.7 Å². The fourth-order valence-corrected chi connectivity index (χ4v) is 4.93. The molecule has 146 valence electrons. The Kier molecular flexibility index (Phi) is 4.95. The number of ether oxygens (including phenoxy) is 2. The number of nitrogens with one attached hydrogen (secondary N) is 1. The van der Waals surface area contributed by atoms with E-state index in [4.69, 9.17) is 9.47 Å². The highest BCUT2D eigenvalue weighted by atomic mass is 32.2. The highest BCUT2D eigenvalue weighted by Gasteiger charge is 2.30. The number of aromatic nitrogens is 1. The van der Waals surface area contributed by atoms with Crippen molar-refractivity contribution >= 4 is 26.4 Å². The highest BCUT2D eigenvalue weighted by molar-refractivity contribution is 7.91. The maximum atomic E-state index is 13.5. The number of anilines is 1. The SMILES string of the molecule is COc1ccc2[nH+]cc(S(=O)(=O)c3ccc(C)cc3)c(N3CCOCC3)c2c1. The van der Waals surface area contributed by atoms with Gasteiger partial charge in [0.25, 0.3) is 0 Å². The van der Waals surface area contributed by atoms with Crippen molar-refractivity contribution in [3.63, 3.8) is 0 Å². The molecule has 1 N–H and O–H groups in total. The Hall–Kier alpha value is -2.64. The number of morpholine rings is 1. The van der Waals surface area contributed by atoms with Gasteiger partial charge in [-0.2, -0.15) is 0 Å². The third-order valence-electron chi connectivity index (χ3n) is 5.02. The Bertz CT molecular complexity index is 1110. The molecule has 0 bridgehead atoms. The smallest absolute Gasteiger partial charge is 0.214 e. The predicted molar refractivity (Wildman–Crippen MR) is 107 cm³/mol. The number of hydrogen-bond acceptors (Lipinski definition) is 5. The van der Waals surface area contributed by atoms with Crippen molar-refractivity contribution in [3.8, 4) is 5.75 Å². The molecular formula is C21H23N2O4S+. The molecule has 1 fully saturated rings. The lowest BCUT2D eigenvalue weighted by molar-refractivity contribution is -0.347. The molecule has 3 aromatic rings. The first-order valence-corrected chi connectivity index (χ1v) is 10.7. The Morgan fingerprint density at radius 3 is 2.46 bits per heavy atom. The normalized spacial score (nSPS) is 15.0. The molecule has 1 saturated heterocycles. The van der Waals surface area contributed by atoms with Gasteiger partial charge in [0, 0.05) is 19.2 Å². The van der Waals surface area contributed by atoms with E-state index in [9.17, 15) is 8.42 Å². The molecule has 2 aromatic carbocycles. The Balaban J connectivity index is 1.97. The van der Waals surface area contributed by atoms with Crippen LogP contribution in [0.3, 0.4) is 0 Å². The van der Waals surface area contributed by atoms with Crippen molar-refractivity contribution in [1.29, 1.82) is 0 Å². The molecule has 0 aliphatic carbocycles. The highest BCUT2D eigenvalue weighted by Crippen LogP contribution is 2.36. The summed E-state index contributed by atoms with van der Waals surface area (Å²) in [6, 6.07) is 12.6. The van der Waals surface area contributed by atoms with Crippen molar-refractivity contribution in [1.82, 2.24) is 0 Å². The van der Waals surface area contributed by atoms with Gasteiger partial charge in [-0.05, 0) is 31.2 Å². The van der Waals surface area contributed by atoms with Crippen molar-refractivity contribution in [3.05, 3.63) is 54.2 Å². The van der Waals surface area contributed by atoms with Gasteiger partial charge in [0.1, 0.15) is 5.75 Å². The van der Waals surface area contributed by atoms with Crippen molar-refractivity contribution in [2.75, 3.05) is 38.3 Å². The minimum atomic E-state index is -3.70. The second kappa shape index (κ2) is 7.41. The third-order valence-corrected chi connectivity index (χ3v) is 6.81. The van der Waals surface area contributed by atoms with Gasteiger partial charge < -0.3 is 14.4 Å². The zero-order valence-electron chi connectivity index (χ0n) is 15.9. The summed E-state index contributed by atoms with van der Waals surface area (Å²) in [4.78, 5) is 5.77. The molecule has 0 radical (unpaired) electrons. The van der Waals surface area contributed by atoms with Crippen molar-refractivity contribution < 1.29 is 22.9 Å². The Morgan fingerprint density at radius 1 is 1.07 bits per heavy atom. The van der Waals surface area contributed by atoms with Crippen LogP contribution in [-0.2, 0) is 14.6 Å². The third kappa shape index (κ3) is 3.31. The first-order chi connectivity index (χ1) is 13.5. The van der Waals surface area contributed by atoms with Gasteiger partial charge in [-0.1, -0.05) is 17.7 Å². The lowest BCUT2D eigenvalue weighted by Gasteiger charge is -2.30. The van der Waals surface area contributed by atoms with Crippen LogP contribution >= 0.6 is 0 Å². The molecule has 0 saturated carbocycles. The summed E-state index contributed by atoms with van der Waals surface area (Å²) in [6.45, 7) is 4.33. The largest absolute Gasteiger partial charge is 0.497 e. The molecule has 0 unspecified atom stereocenters. The summed E-state index contributed by atoms with van der Waals surface area (Å²) >= 11 is 0. The molecule has 0 amide bonds. The molecule has 6 nitrogen and oxygen atoms in total. The second-order valence-corrected chi connectivity index (χ2v) is 8.75. The monoisotopic (exact) mass is 399 g/mol. The number of sulfone groups is 1. The molecule has 0 atom stereocenters. The van der Waals surface area contributed by atoms with Gasteiger partial charge in [-0.25, -0.2) is 13.4 Å². The van der Waals surface area contributed by atoms with E-state index in [1.165, 1.54) is 0 Å². The number of benzene rings is 2. The van der Waals surface area contributed by atoms with E-state index in [1.54, 1.807) is 25.4 Å². The van der Waals surface area contributed by atoms with E-state index >= 15 is 0 Å². The Labute approximate surface area is 164 Å². The molecule has 2 heterocycles. The maximum absolute atomic E-state index is 13.5. The van der Waals surface area contributed by atoms with Crippen molar-refractivity contribution in [2.24, 2.45) is 0 Å².